The molecule has 3 saturated heterocycles. The van der Waals surface area contributed by atoms with Crippen molar-refractivity contribution in [3.05, 3.63) is 35.9 Å². The van der Waals surface area contributed by atoms with Crippen LogP contribution in [0.1, 0.15) is 99.5 Å². The van der Waals surface area contributed by atoms with E-state index in [1.807, 2.05) is 35.2 Å². The summed E-state index contributed by atoms with van der Waals surface area (Å²) in [5.41, 5.74) is -0.426. The molecule has 0 radical (unpaired) electrons. The molecule has 0 aliphatic carbocycles. The van der Waals surface area contributed by atoms with E-state index in [4.69, 9.17) is 43.2 Å². The first-order valence-corrected chi connectivity index (χ1v) is 26.1. The Morgan fingerprint density at radius 3 is 2.02 bits per heavy atom. The number of likely N-dealkylation sites (tertiary alicyclic amines) is 1. The largest absolute Gasteiger partial charge is 0.480 e. The van der Waals surface area contributed by atoms with Crippen molar-refractivity contribution >= 4 is 91.2 Å². The molecule has 3 heterocycles. The summed E-state index contributed by atoms with van der Waals surface area (Å²) in [6.07, 6.45) is 5.43. The van der Waals surface area contributed by atoms with Crippen LogP contribution in [0.5, 0.6) is 0 Å². The van der Waals surface area contributed by atoms with Crippen LogP contribution in [0.3, 0.4) is 0 Å². The van der Waals surface area contributed by atoms with E-state index in [2.05, 4.69) is 121 Å². The Balaban J connectivity index is 0.000000644. The van der Waals surface area contributed by atoms with E-state index >= 15 is 0 Å². The molecule has 0 aromatic heterocycles. The minimum absolute atomic E-state index is 0.0267. The number of aliphatic carboxylic acids is 1. The summed E-state index contributed by atoms with van der Waals surface area (Å²) in [5, 5.41) is 38.8. The molecule has 5 N–H and O–H groups in total. The van der Waals surface area contributed by atoms with Gasteiger partial charge in [-0.15, -0.1) is 47.3 Å². The molecule has 1 amide bonds. The predicted octanol–water partition coefficient (Wildman–Crippen LogP) is 7.54. The molecule has 1 aromatic rings. The highest BCUT2D eigenvalue weighted by Crippen LogP contribution is 2.46. The molecule has 4 atom stereocenters. The molecule has 3 aliphatic rings. The topological polar surface area (TPSA) is 201 Å². The second-order valence-corrected chi connectivity index (χ2v) is 29.6. The number of nitrogens with zero attached hydrogens (tertiary/aromatic N) is 1. The quantitative estimate of drug-likeness (QED) is 0.108. The van der Waals surface area contributed by atoms with Gasteiger partial charge in [-0.3, -0.25) is 4.79 Å². The summed E-state index contributed by atoms with van der Waals surface area (Å²) in [6.45, 7) is 24.0. The van der Waals surface area contributed by atoms with Crippen molar-refractivity contribution in [2.24, 2.45) is 10.8 Å². The molecule has 3 aliphatic heterocycles. The zero-order valence-electron chi connectivity index (χ0n) is 37.1. The van der Waals surface area contributed by atoms with Crippen LogP contribution in [0.4, 0.5) is 4.79 Å². The second kappa shape index (κ2) is 25.4. The normalized spacial score (nSPS) is 24.1. The average Bonchev–Trinajstić information content (AvgIpc) is 3.77. The highest BCUT2D eigenvalue weighted by atomic mass is 79.9. The first-order valence-electron chi connectivity index (χ1n) is 20.5. The van der Waals surface area contributed by atoms with Crippen LogP contribution in [-0.4, -0.2) is 119 Å². The minimum atomic E-state index is -1.94. The van der Waals surface area contributed by atoms with E-state index in [1.165, 1.54) is 0 Å². The molecular weight excluding hydrogens is 989 g/mol. The zero-order valence-corrected chi connectivity index (χ0v) is 42.9. The Morgan fingerprint density at radius 1 is 1.00 bits per heavy atom. The van der Waals surface area contributed by atoms with Gasteiger partial charge >= 0.3 is 35.6 Å². The number of ether oxygens (including phenoxy) is 1. The Kier molecular flexibility index (Phi) is 24.1. The van der Waals surface area contributed by atoms with Gasteiger partial charge in [0.25, 0.3) is 0 Å². The number of hydrogen-bond acceptors (Lipinski definition) is 12. The van der Waals surface area contributed by atoms with Crippen LogP contribution in [0.2, 0.25) is 30.8 Å². The number of nitrogens with one attached hydrogen (secondary N) is 1. The van der Waals surface area contributed by atoms with Gasteiger partial charge in [0.2, 0.25) is 0 Å². The third-order valence-corrected chi connectivity index (χ3v) is 17.3. The van der Waals surface area contributed by atoms with Gasteiger partial charge in [0.05, 0.1) is 17.8 Å². The first-order chi connectivity index (χ1) is 27.7. The van der Waals surface area contributed by atoms with Crippen LogP contribution in [0.25, 0.3) is 0 Å². The third kappa shape index (κ3) is 17.5. The Labute approximate surface area is 384 Å². The van der Waals surface area contributed by atoms with Gasteiger partial charge in [-0.25, -0.2) is 4.79 Å². The monoisotopic (exact) mass is 1050 g/mol. The molecular formula is C39H68B3Br3N2O12Si. The molecule has 4 rings (SSSR count). The van der Waals surface area contributed by atoms with Gasteiger partial charge < -0.3 is 48.9 Å². The molecule has 3 fully saturated rings. The number of hydrogen-bond donors (Lipinski definition) is 5. The number of carboxylic acids is 1. The Morgan fingerprint density at radius 2 is 1.53 bits per heavy atom. The second-order valence-electron chi connectivity index (χ2n) is 18.3. The molecule has 1 aromatic carbocycles. The Hall–Kier alpha value is -1.09. The first kappa shape index (κ1) is 56.9. The number of carboxylic acid groups (broad SMARTS) is 1. The van der Waals surface area contributed by atoms with Gasteiger partial charge in [-0.2, -0.15) is 9.59 Å². The van der Waals surface area contributed by atoms with Crippen LogP contribution in [0.15, 0.2) is 30.3 Å². The van der Waals surface area contributed by atoms with Crippen LogP contribution in [-0.2, 0) is 39.5 Å². The number of carbonyl (C=O) groups excluding carboxylic acids is 3. The molecule has 21 heteroatoms. The SMILES string of the molecule is BrB(Br)Br.C[C@H]1N(C(=O)OCc2ccccc2)CC[C@]1(CCCB1OC(C)(C)C(C)(C)O1)CO[Si](C)(C)C(C)(C)C.O=C(O)[C@H]1NCC[C@@]1(CO)CCCB(O)O.O=C=O. The highest BCUT2D eigenvalue weighted by molar-refractivity contribution is 9.69. The van der Waals surface area contributed by atoms with Crippen molar-refractivity contribution in [3.8, 4) is 0 Å². The minimum Gasteiger partial charge on any atom is -0.480 e. The lowest BCUT2D eigenvalue weighted by Gasteiger charge is -2.42. The average molecular weight is 1060 g/mol. The van der Waals surface area contributed by atoms with Gasteiger partial charge in [-0.05, 0) is 103 Å². The summed E-state index contributed by atoms with van der Waals surface area (Å²) in [5.74, 6) is -0.962. The van der Waals surface area contributed by atoms with Crippen molar-refractivity contribution in [3.63, 3.8) is 0 Å². The van der Waals surface area contributed by atoms with Crippen molar-refractivity contribution in [1.29, 1.82) is 0 Å². The number of aliphatic hydroxyl groups excluding tert-OH is 1. The number of carbonyl (C=O) groups is 2. The van der Waals surface area contributed by atoms with E-state index in [9.17, 15) is 14.7 Å². The fourth-order valence-corrected chi connectivity index (χ4v) is 8.38. The number of rotatable bonds is 15. The number of benzene rings is 1. The van der Waals surface area contributed by atoms with Crippen molar-refractivity contribution in [2.45, 2.75) is 155 Å². The molecule has 0 spiro atoms. The molecule has 60 heavy (non-hydrogen) atoms. The summed E-state index contributed by atoms with van der Waals surface area (Å²) in [7, 11) is -3.51. The number of amides is 1. The summed E-state index contributed by atoms with van der Waals surface area (Å²) >= 11 is 9.31. The van der Waals surface area contributed by atoms with Crippen LogP contribution in [0, 0.1) is 10.8 Å². The van der Waals surface area contributed by atoms with E-state index < -0.39 is 32.9 Å². The van der Waals surface area contributed by atoms with Crippen molar-refractivity contribution < 1.29 is 57.9 Å². The van der Waals surface area contributed by atoms with Crippen LogP contribution >= 0.6 is 47.3 Å². The van der Waals surface area contributed by atoms with Crippen molar-refractivity contribution in [1.82, 2.24) is 10.2 Å². The number of halogens is 3. The molecule has 14 nitrogen and oxygen atoms in total. The smallest absolute Gasteiger partial charge is 0.457 e. The van der Waals surface area contributed by atoms with Gasteiger partial charge in [-0.1, -0.05) is 63.9 Å². The van der Waals surface area contributed by atoms with Gasteiger partial charge in [0.15, 0.2) is 8.32 Å². The van der Waals surface area contributed by atoms with Crippen LogP contribution < -0.4 is 5.32 Å². The molecule has 340 valence electrons. The fourth-order valence-electron chi connectivity index (χ4n) is 7.30. The fraction of sp³-hybridized carbons (Fsp3) is 0.769. The lowest BCUT2D eigenvalue weighted by atomic mass is 9.73. The summed E-state index contributed by atoms with van der Waals surface area (Å²) in [4.78, 5) is 42.3. The van der Waals surface area contributed by atoms with Crippen molar-refractivity contribution in [2.75, 3.05) is 26.3 Å². The Bertz CT molecular complexity index is 1470. The molecule has 0 saturated carbocycles. The lowest BCUT2D eigenvalue weighted by Crippen LogP contribution is -2.48. The standard InChI is InChI=1S/C29H50BNO5Si.C9H18BNO5.CO2.BBr3/c1-23-29(22-34-37(9,10)26(2,3)4,17-14-19-30-35-27(5,6)28(7,8)36-30)18-20-31(23)25(32)33-21-24-15-12-11-13-16-24;12-6-9(2-1-4-10(15)16)3-5-11-7(9)8(13)14;2-1-3;2-1(3)4/h11-13,15-16,23H,14,17-22H2,1-10H3;7,11-12,15-16H,1-6H2,(H,13,14);;/t23-,29-;7-,9-;;/m11../s1. The third-order valence-electron chi connectivity index (χ3n) is 12.9. The van der Waals surface area contributed by atoms with E-state index in [0.717, 1.165) is 31.1 Å². The lowest BCUT2D eigenvalue weighted by molar-refractivity contribution is -0.191. The molecule has 0 bridgehead atoms. The summed E-state index contributed by atoms with van der Waals surface area (Å²) in [6, 6.07) is 9.14. The molecule has 0 unspecified atom stereocenters. The van der Waals surface area contributed by atoms with Gasteiger partial charge in [0.1, 0.15) is 12.6 Å². The maximum Gasteiger partial charge on any atom is 0.457 e. The summed E-state index contributed by atoms with van der Waals surface area (Å²) < 4.78 is 25.3. The maximum atomic E-state index is 13.1. The number of aliphatic hydroxyl groups is 1. The van der Waals surface area contributed by atoms with E-state index in [0.29, 0.717) is 39.0 Å². The maximum absolute atomic E-state index is 13.1. The van der Waals surface area contributed by atoms with E-state index in [-0.39, 0.29) is 69.8 Å². The van der Waals surface area contributed by atoms with E-state index in [1.54, 1.807) is 0 Å². The predicted molar refractivity (Wildman–Crippen MR) is 248 cm³/mol. The zero-order chi connectivity index (χ0) is 46.2. The van der Waals surface area contributed by atoms with Gasteiger partial charge in [0, 0.05) is 30.0 Å². The highest BCUT2D eigenvalue weighted by Gasteiger charge is 2.52.